The number of nitrogens with zero attached hydrogens (tertiary/aromatic N) is 7. The average Bonchev–Trinajstić information content (AvgIpc) is 4.52. The Bertz CT molecular complexity index is 3710. The number of thiazole rings is 6. The van der Waals surface area contributed by atoms with Gasteiger partial charge in [0.05, 0.1) is 42.2 Å². The van der Waals surface area contributed by atoms with E-state index in [9.17, 15) is 41.9 Å². The number of carbonyl (C=O) groups excluding carboxylic acids is 6. The van der Waals surface area contributed by atoms with Crippen LogP contribution < -0.4 is 32.3 Å². The van der Waals surface area contributed by atoms with Crippen molar-refractivity contribution in [1.29, 1.82) is 0 Å². The SMILES string of the molecule is CNC(=O)C[C@@H]1NC(=O)c2csc(n2)-c2ccc(-c3nc(N)cs3)nc2-c2csc(n2)-c2csc(n2)[C@H]([C@@H](OC(C)=O)c2ccccc2)NC(=O)CNC(=O)c2nc(sc2COC)[C@H](C(C)C)NC(=O)c2nc1sc2C.O=C(O)C(F)(F)F. The van der Waals surface area contributed by atoms with Gasteiger partial charge in [-0.2, -0.15) is 13.2 Å². The number of aromatic nitrogens is 7. The molecular weight excluding hydrogens is 1200 g/mol. The summed E-state index contributed by atoms with van der Waals surface area (Å²) in [6.45, 7) is 6.25. The van der Waals surface area contributed by atoms with Crippen molar-refractivity contribution >= 4 is 115 Å². The molecule has 10 bridgehead atoms. The minimum Gasteiger partial charge on any atom is -0.475 e. The van der Waals surface area contributed by atoms with Gasteiger partial charge < -0.3 is 46.9 Å². The number of methoxy groups -OCH3 is 1. The molecule has 0 saturated carbocycles. The highest BCUT2D eigenvalue weighted by molar-refractivity contribution is 7.15. The number of aliphatic carboxylic acids is 1. The first-order valence-electron chi connectivity index (χ1n) is 24.5. The van der Waals surface area contributed by atoms with Crippen LogP contribution in [-0.4, -0.2) is 108 Å². The molecule has 0 fully saturated rings. The third-order valence-electron chi connectivity index (χ3n) is 11.8. The van der Waals surface area contributed by atoms with Crippen LogP contribution in [0.15, 0.2) is 64.0 Å². The second kappa shape index (κ2) is 26.5. The molecule has 4 atom stereocenters. The van der Waals surface area contributed by atoms with E-state index >= 15 is 0 Å². The highest BCUT2D eigenvalue weighted by Crippen LogP contribution is 2.41. The lowest BCUT2D eigenvalue weighted by Crippen LogP contribution is -2.41. The molecule has 0 spiro atoms. The molecule has 9 rings (SSSR count). The lowest BCUT2D eigenvalue weighted by molar-refractivity contribution is -0.192. The number of rotatable bonds is 9. The zero-order valence-corrected chi connectivity index (χ0v) is 49.2. The van der Waals surface area contributed by atoms with Gasteiger partial charge in [-0.05, 0) is 30.5 Å². The quantitative estimate of drug-likeness (QED) is 0.0671. The van der Waals surface area contributed by atoms with Crippen LogP contribution >= 0.6 is 68.0 Å². The number of hydrogen-bond donors (Lipinski definition) is 7. The largest absolute Gasteiger partial charge is 0.490 e. The fraction of sp³-hybridized carbons (Fsp3) is 0.294. The normalized spacial score (nSPS) is 16.3. The summed E-state index contributed by atoms with van der Waals surface area (Å²) in [5, 5.41) is 30.8. The Morgan fingerprint density at radius 1 is 0.735 bits per heavy atom. The van der Waals surface area contributed by atoms with Crippen LogP contribution in [0, 0.1) is 12.8 Å². The second-order valence-corrected chi connectivity index (χ2v) is 23.9. The minimum absolute atomic E-state index is 0.00131. The Labute approximate surface area is 493 Å². The molecule has 0 saturated heterocycles. The van der Waals surface area contributed by atoms with Gasteiger partial charge in [-0.15, -0.1) is 68.0 Å². The van der Waals surface area contributed by atoms with Gasteiger partial charge in [-0.1, -0.05) is 44.2 Å². The molecule has 1 aliphatic rings. The Morgan fingerprint density at radius 3 is 2.06 bits per heavy atom. The summed E-state index contributed by atoms with van der Waals surface area (Å²) in [5.74, 6) is -6.09. The van der Waals surface area contributed by atoms with Gasteiger partial charge in [0.2, 0.25) is 11.8 Å². The number of fused-ring (bicyclic) bond motifs is 14. The van der Waals surface area contributed by atoms with E-state index in [1.165, 1.54) is 77.8 Å². The molecule has 0 unspecified atom stereocenters. The van der Waals surface area contributed by atoms with Crippen LogP contribution in [0.1, 0.15) is 113 Å². The third kappa shape index (κ3) is 14.8. The summed E-state index contributed by atoms with van der Waals surface area (Å²) in [7, 11) is 2.95. The van der Waals surface area contributed by atoms with Crippen molar-refractivity contribution in [3.05, 3.63) is 111 Å². The first kappa shape index (κ1) is 61.1. The van der Waals surface area contributed by atoms with Crippen molar-refractivity contribution in [3.8, 4) is 43.4 Å². The standard InChI is InChI=1S/C49H47N13O8S6.C2HF3O2/c1-21(2)35-49-62-38(31(76-49)16-69-6)42(67)52-15-34(65)59-39(40(70-23(4)63)24-10-8-7-9-11-24)48-57-30(19-73-48)46-55-28(17-72-46)37-25(12-13-26(53-37)45-58-32(50)20-74-45)44-56-29(18-71-44)41(66)54-27(14-33(64)51-5)47-61-36(22(3)75-47)43(68)60-35;3-2(4,5)1(6)7/h7-13,17-21,27,35,39-40H,14-16,50H2,1-6H3,(H,51,64)(H,52,67)(H,54,66)(H,59,65)(H,60,68);(H,6,7)/t27-,35-,39-,40-;/m0./s1. The van der Waals surface area contributed by atoms with Crippen molar-refractivity contribution < 1.29 is 61.3 Å². The number of pyridine rings is 1. The van der Waals surface area contributed by atoms with Gasteiger partial charge in [0, 0.05) is 53.0 Å². The van der Waals surface area contributed by atoms with E-state index in [2.05, 4.69) is 36.6 Å². The highest BCUT2D eigenvalue weighted by Gasteiger charge is 2.38. The number of carbonyl (C=O) groups is 7. The third-order valence-corrected chi connectivity index (χ3v) is 17.5. The fourth-order valence-corrected chi connectivity index (χ4v) is 13.3. The monoisotopic (exact) mass is 1250 g/mol. The van der Waals surface area contributed by atoms with E-state index in [0.29, 0.717) is 79.5 Å². The molecule has 32 heteroatoms. The zero-order chi connectivity index (χ0) is 59.9. The van der Waals surface area contributed by atoms with Crippen molar-refractivity contribution in [2.45, 2.75) is 71.1 Å². The van der Waals surface area contributed by atoms with E-state index in [1.807, 2.05) is 31.4 Å². The molecule has 8 aromatic rings. The molecule has 7 aromatic heterocycles. The number of benzene rings is 1. The summed E-state index contributed by atoms with van der Waals surface area (Å²) in [6, 6.07) is 9.79. The molecule has 83 heavy (non-hydrogen) atoms. The smallest absolute Gasteiger partial charge is 0.475 e. The van der Waals surface area contributed by atoms with Gasteiger partial charge in [0.25, 0.3) is 17.7 Å². The van der Waals surface area contributed by atoms with E-state index in [0.717, 1.165) is 11.3 Å². The number of hydrogen-bond acceptors (Lipinski definition) is 23. The average molecular weight is 1250 g/mol. The number of alkyl halides is 3. The Kier molecular flexibility index (Phi) is 19.5. The predicted octanol–water partition coefficient (Wildman–Crippen LogP) is 8.10. The summed E-state index contributed by atoms with van der Waals surface area (Å²) in [5.41, 5.74) is 9.12. The van der Waals surface area contributed by atoms with Gasteiger partial charge in [0.15, 0.2) is 6.10 Å². The van der Waals surface area contributed by atoms with Crippen molar-refractivity contribution in [1.82, 2.24) is 61.5 Å². The van der Waals surface area contributed by atoms with Crippen LogP contribution in [0.2, 0.25) is 0 Å². The molecule has 8 N–H and O–H groups in total. The number of ether oxygens (including phenoxy) is 2. The molecule has 1 aromatic carbocycles. The number of aryl methyl sites for hydroxylation is 1. The van der Waals surface area contributed by atoms with Gasteiger partial charge >= 0.3 is 18.1 Å². The molecule has 0 radical (unpaired) electrons. The maximum absolute atomic E-state index is 14.2. The Hall–Kier alpha value is -8.01. The lowest BCUT2D eigenvalue weighted by atomic mass is 10.0. The Morgan fingerprint density at radius 2 is 1.40 bits per heavy atom. The summed E-state index contributed by atoms with van der Waals surface area (Å²) >= 11 is 7.36. The van der Waals surface area contributed by atoms with Crippen molar-refractivity contribution in [2.75, 3.05) is 26.4 Å². The fourth-order valence-electron chi connectivity index (χ4n) is 7.89. The summed E-state index contributed by atoms with van der Waals surface area (Å²) < 4.78 is 43.1. The van der Waals surface area contributed by atoms with Gasteiger partial charge in [-0.25, -0.2) is 39.7 Å². The van der Waals surface area contributed by atoms with Crippen molar-refractivity contribution in [2.24, 2.45) is 5.92 Å². The van der Waals surface area contributed by atoms with Crippen LogP contribution in [0.4, 0.5) is 19.0 Å². The number of amides is 5. The van der Waals surface area contributed by atoms with Gasteiger partial charge in [0.1, 0.15) is 76.1 Å². The maximum Gasteiger partial charge on any atom is 0.490 e. The van der Waals surface area contributed by atoms with Crippen LogP contribution in [0.5, 0.6) is 0 Å². The van der Waals surface area contributed by atoms with Crippen molar-refractivity contribution in [3.63, 3.8) is 0 Å². The van der Waals surface area contributed by atoms with Crippen LogP contribution in [0.25, 0.3) is 43.4 Å². The number of nitrogen functional groups attached to an aromatic ring is 1. The summed E-state index contributed by atoms with van der Waals surface area (Å²) in [6.07, 6.45) is -6.33. The Balaban J connectivity index is 0.00000121. The van der Waals surface area contributed by atoms with Crippen LogP contribution in [-0.2, 0) is 35.3 Å². The number of halogens is 3. The minimum atomic E-state index is -5.08. The lowest BCUT2D eigenvalue weighted by Gasteiger charge is -2.26. The van der Waals surface area contributed by atoms with E-state index < -0.39 is 72.5 Å². The number of nitrogens with one attached hydrogen (secondary N) is 5. The number of carboxylic acid groups (broad SMARTS) is 1. The molecule has 8 heterocycles. The number of anilines is 1. The zero-order valence-electron chi connectivity index (χ0n) is 44.3. The molecule has 1 aliphatic heterocycles. The first-order chi connectivity index (χ1) is 39.5. The molecular formula is C51H48F3N13O10S6. The van der Waals surface area contributed by atoms with E-state index in [4.69, 9.17) is 50.0 Å². The first-order valence-corrected chi connectivity index (χ1v) is 29.6. The highest BCUT2D eigenvalue weighted by atomic mass is 32.1. The molecule has 434 valence electrons. The molecule has 23 nitrogen and oxygen atoms in total. The van der Waals surface area contributed by atoms with E-state index in [-0.39, 0.29) is 41.9 Å². The number of carboxylic acids is 1. The molecule has 0 aliphatic carbocycles. The second-order valence-electron chi connectivity index (χ2n) is 18.1. The maximum atomic E-state index is 14.2. The molecule has 5 amide bonds. The van der Waals surface area contributed by atoms with E-state index in [1.54, 1.807) is 53.4 Å². The van der Waals surface area contributed by atoms with Crippen LogP contribution in [0.3, 0.4) is 0 Å². The topological polar surface area (TPSA) is 335 Å². The number of esters is 1. The predicted molar refractivity (Wildman–Crippen MR) is 305 cm³/mol. The number of nitrogens with two attached hydrogens (primary N) is 1. The summed E-state index contributed by atoms with van der Waals surface area (Å²) in [4.78, 5) is 126. The van der Waals surface area contributed by atoms with Gasteiger partial charge in [-0.3, -0.25) is 28.8 Å².